The molecule has 5 heteroatoms. The number of piperidine rings is 1. The van der Waals surface area contributed by atoms with Gasteiger partial charge in [-0.05, 0) is 50.7 Å². The second-order valence-corrected chi connectivity index (χ2v) is 6.98. The van der Waals surface area contributed by atoms with E-state index in [9.17, 15) is 4.79 Å². The molecule has 5 nitrogen and oxygen atoms in total. The van der Waals surface area contributed by atoms with Crippen molar-refractivity contribution in [3.8, 4) is 5.75 Å². The van der Waals surface area contributed by atoms with Crippen molar-refractivity contribution in [2.75, 3.05) is 53.4 Å². The number of piperazine rings is 1. The molecule has 0 aromatic heterocycles. The smallest absolute Gasteiger partial charge is 0.227 e. The number of carbonyl (C=O) groups is 1. The molecule has 1 aromatic carbocycles. The molecular weight excluding hydrogens is 302 g/mol. The number of nitrogens with zero attached hydrogens (tertiary/aromatic N) is 3. The highest BCUT2D eigenvalue weighted by Crippen LogP contribution is 2.18. The summed E-state index contributed by atoms with van der Waals surface area (Å²) in [5, 5.41) is 0. The lowest BCUT2D eigenvalue weighted by atomic mass is 10.0. The number of hydrogen-bond acceptors (Lipinski definition) is 4. The maximum Gasteiger partial charge on any atom is 0.227 e. The molecule has 2 aliphatic rings. The minimum Gasteiger partial charge on any atom is -0.497 e. The van der Waals surface area contributed by atoms with Crippen molar-refractivity contribution in [3.05, 3.63) is 29.8 Å². The van der Waals surface area contributed by atoms with E-state index in [-0.39, 0.29) is 5.91 Å². The molecule has 0 bridgehead atoms. The van der Waals surface area contributed by atoms with Crippen molar-refractivity contribution in [3.63, 3.8) is 0 Å². The van der Waals surface area contributed by atoms with E-state index in [1.807, 2.05) is 29.2 Å². The fourth-order valence-electron chi connectivity index (χ4n) is 3.73. The Hall–Kier alpha value is -1.59. The van der Waals surface area contributed by atoms with Crippen LogP contribution in [0, 0.1) is 0 Å². The second-order valence-electron chi connectivity index (χ2n) is 6.98. The Morgan fingerprint density at radius 1 is 1.04 bits per heavy atom. The van der Waals surface area contributed by atoms with Gasteiger partial charge in [-0.3, -0.25) is 9.69 Å². The molecule has 0 aliphatic carbocycles. The van der Waals surface area contributed by atoms with Crippen LogP contribution >= 0.6 is 0 Å². The fourth-order valence-corrected chi connectivity index (χ4v) is 3.73. The molecule has 0 saturated carbocycles. The van der Waals surface area contributed by atoms with E-state index in [1.165, 1.54) is 25.9 Å². The summed E-state index contributed by atoms with van der Waals surface area (Å²) >= 11 is 0. The standard InChI is InChI=1S/C19H29N3O2/c1-20-9-7-17(8-10-20)21-11-13-22(14-12-21)19(23)15-16-3-5-18(24-2)6-4-16/h3-6,17H,7-15H2,1-2H3. The average molecular weight is 331 g/mol. The molecule has 2 heterocycles. The Morgan fingerprint density at radius 3 is 2.25 bits per heavy atom. The summed E-state index contributed by atoms with van der Waals surface area (Å²) in [4.78, 5) is 19.5. The van der Waals surface area contributed by atoms with Gasteiger partial charge in [0, 0.05) is 32.2 Å². The molecule has 24 heavy (non-hydrogen) atoms. The number of amides is 1. The molecule has 1 aromatic rings. The first kappa shape index (κ1) is 17.2. The number of likely N-dealkylation sites (tertiary alicyclic amines) is 1. The largest absolute Gasteiger partial charge is 0.497 e. The minimum atomic E-state index is 0.239. The van der Waals surface area contributed by atoms with Gasteiger partial charge >= 0.3 is 0 Å². The highest BCUT2D eigenvalue weighted by atomic mass is 16.5. The topological polar surface area (TPSA) is 36.0 Å². The van der Waals surface area contributed by atoms with E-state index in [4.69, 9.17) is 4.74 Å². The van der Waals surface area contributed by atoms with Gasteiger partial charge in [0.05, 0.1) is 13.5 Å². The summed E-state index contributed by atoms with van der Waals surface area (Å²) in [7, 11) is 3.86. The van der Waals surface area contributed by atoms with Crippen LogP contribution in [0.15, 0.2) is 24.3 Å². The van der Waals surface area contributed by atoms with Crippen molar-refractivity contribution in [2.24, 2.45) is 0 Å². The van der Waals surface area contributed by atoms with Gasteiger partial charge in [0.15, 0.2) is 0 Å². The van der Waals surface area contributed by atoms with E-state index in [1.54, 1.807) is 7.11 Å². The van der Waals surface area contributed by atoms with Crippen molar-refractivity contribution < 1.29 is 9.53 Å². The second kappa shape index (κ2) is 7.99. The third-order valence-electron chi connectivity index (χ3n) is 5.39. The molecule has 0 unspecified atom stereocenters. The van der Waals surface area contributed by atoms with Crippen LogP contribution in [0.1, 0.15) is 18.4 Å². The lowest BCUT2D eigenvalue weighted by Crippen LogP contribution is -2.54. The monoisotopic (exact) mass is 331 g/mol. The number of benzene rings is 1. The SMILES string of the molecule is COc1ccc(CC(=O)N2CCN(C3CCN(C)CC3)CC2)cc1. The first-order valence-electron chi connectivity index (χ1n) is 8.99. The molecule has 0 radical (unpaired) electrons. The van der Waals surface area contributed by atoms with E-state index >= 15 is 0 Å². The minimum absolute atomic E-state index is 0.239. The van der Waals surface area contributed by atoms with Gasteiger partial charge in [-0.25, -0.2) is 0 Å². The zero-order valence-electron chi connectivity index (χ0n) is 14.9. The quantitative estimate of drug-likeness (QED) is 0.837. The zero-order valence-corrected chi connectivity index (χ0v) is 14.9. The van der Waals surface area contributed by atoms with Crippen molar-refractivity contribution in [1.82, 2.24) is 14.7 Å². The first-order valence-corrected chi connectivity index (χ1v) is 8.99. The molecule has 2 fully saturated rings. The normalized spacial score (nSPS) is 21.0. The Kier molecular flexibility index (Phi) is 5.74. The van der Waals surface area contributed by atoms with Crippen molar-refractivity contribution >= 4 is 5.91 Å². The number of ether oxygens (including phenoxy) is 1. The molecule has 2 aliphatic heterocycles. The van der Waals surface area contributed by atoms with Gasteiger partial charge < -0.3 is 14.5 Å². The summed E-state index contributed by atoms with van der Waals surface area (Å²) in [6, 6.07) is 8.50. The van der Waals surface area contributed by atoms with Gasteiger partial charge in [0.25, 0.3) is 0 Å². The molecule has 0 spiro atoms. The van der Waals surface area contributed by atoms with Crippen LogP contribution in [0.25, 0.3) is 0 Å². The Balaban J connectivity index is 1.46. The lowest BCUT2D eigenvalue weighted by Gasteiger charge is -2.42. The molecule has 0 atom stereocenters. The lowest BCUT2D eigenvalue weighted by molar-refractivity contribution is -0.132. The van der Waals surface area contributed by atoms with Gasteiger partial charge in [-0.1, -0.05) is 12.1 Å². The molecule has 132 valence electrons. The van der Waals surface area contributed by atoms with E-state index in [0.717, 1.165) is 37.5 Å². The summed E-state index contributed by atoms with van der Waals surface area (Å²) in [6.45, 7) is 6.15. The maximum absolute atomic E-state index is 12.5. The zero-order chi connectivity index (χ0) is 16.9. The molecule has 1 amide bonds. The Bertz CT molecular complexity index is 530. The van der Waals surface area contributed by atoms with Crippen LogP contribution in [-0.2, 0) is 11.2 Å². The summed E-state index contributed by atoms with van der Waals surface area (Å²) in [5.41, 5.74) is 1.05. The maximum atomic E-state index is 12.5. The van der Waals surface area contributed by atoms with Gasteiger partial charge in [-0.15, -0.1) is 0 Å². The van der Waals surface area contributed by atoms with Gasteiger partial charge in [0.1, 0.15) is 5.75 Å². The number of methoxy groups -OCH3 is 1. The van der Waals surface area contributed by atoms with Crippen molar-refractivity contribution in [1.29, 1.82) is 0 Å². The Morgan fingerprint density at radius 2 is 1.67 bits per heavy atom. The predicted octanol–water partition coefficient (Wildman–Crippen LogP) is 1.48. The highest BCUT2D eigenvalue weighted by molar-refractivity contribution is 5.79. The van der Waals surface area contributed by atoms with Gasteiger partial charge in [-0.2, -0.15) is 0 Å². The summed E-state index contributed by atoms with van der Waals surface area (Å²) in [6.07, 6.45) is 3.00. The van der Waals surface area contributed by atoms with Crippen LogP contribution in [0.3, 0.4) is 0 Å². The fraction of sp³-hybridized carbons (Fsp3) is 0.632. The highest BCUT2D eigenvalue weighted by Gasteiger charge is 2.27. The third-order valence-corrected chi connectivity index (χ3v) is 5.39. The number of rotatable bonds is 4. The third kappa shape index (κ3) is 4.28. The average Bonchev–Trinajstić information content (AvgIpc) is 2.63. The van der Waals surface area contributed by atoms with Crippen molar-refractivity contribution in [2.45, 2.75) is 25.3 Å². The van der Waals surface area contributed by atoms with Crippen LogP contribution in [0.5, 0.6) is 5.75 Å². The summed E-state index contributed by atoms with van der Waals surface area (Å²) < 4.78 is 5.16. The number of hydrogen-bond donors (Lipinski definition) is 0. The molecule has 2 saturated heterocycles. The van der Waals surface area contributed by atoms with Gasteiger partial charge in [0.2, 0.25) is 5.91 Å². The van der Waals surface area contributed by atoms with Crippen LogP contribution < -0.4 is 4.74 Å². The van der Waals surface area contributed by atoms with Crippen LogP contribution in [-0.4, -0.2) is 80.1 Å². The molecule has 3 rings (SSSR count). The van der Waals surface area contributed by atoms with E-state index in [2.05, 4.69) is 16.8 Å². The number of carbonyl (C=O) groups excluding carboxylic acids is 1. The summed E-state index contributed by atoms with van der Waals surface area (Å²) in [5.74, 6) is 1.07. The van der Waals surface area contributed by atoms with Crippen LogP contribution in [0.2, 0.25) is 0 Å². The van der Waals surface area contributed by atoms with E-state index < -0.39 is 0 Å². The Labute approximate surface area is 145 Å². The molecule has 0 N–H and O–H groups in total. The predicted molar refractivity (Wildman–Crippen MR) is 95.4 cm³/mol. The van der Waals surface area contributed by atoms with Crippen LogP contribution in [0.4, 0.5) is 0 Å². The van der Waals surface area contributed by atoms with E-state index in [0.29, 0.717) is 12.5 Å². The first-order chi connectivity index (χ1) is 11.7. The molecular formula is C19H29N3O2.